The third-order valence-electron chi connectivity index (χ3n) is 12.6. The first kappa shape index (κ1) is 41.1. The van der Waals surface area contributed by atoms with E-state index in [-0.39, 0.29) is 5.92 Å². The third-order valence-corrected chi connectivity index (χ3v) is 12.6. The minimum Gasteiger partial charge on any atom is -0.327 e. The van der Waals surface area contributed by atoms with E-state index >= 15 is 0 Å². The van der Waals surface area contributed by atoms with Gasteiger partial charge in [-0.15, -0.1) is 0 Å². The maximum atomic E-state index is 5.62. The van der Waals surface area contributed by atoms with Gasteiger partial charge in [0.25, 0.3) is 0 Å². The lowest BCUT2D eigenvalue weighted by Crippen LogP contribution is -2.02. The van der Waals surface area contributed by atoms with Gasteiger partial charge in [-0.2, -0.15) is 0 Å². The van der Waals surface area contributed by atoms with Gasteiger partial charge in [-0.3, -0.25) is 0 Å². The zero-order valence-corrected chi connectivity index (χ0v) is 37.1. The Kier molecular flexibility index (Phi) is 11.7. The summed E-state index contributed by atoms with van der Waals surface area (Å²) in [6.45, 7) is 12.9. The first-order valence-corrected chi connectivity index (χ1v) is 22.4. The topological polar surface area (TPSA) is 17.8 Å². The number of aryl methyl sites for hydroxylation is 1. The summed E-state index contributed by atoms with van der Waals surface area (Å²) in [6.07, 6.45) is 21.6. The van der Waals surface area contributed by atoms with Crippen LogP contribution in [0.2, 0.25) is 0 Å². The van der Waals surface area contributed by atoms with Gasteiger partial charge in [0.15, 0.2) is 0 Å². The predicted octanol–water partition coefficient (Wildman–Crippen LogP) is 16.2. The Balaban J connectivity index is 0.00000249. The van der Waals surface area contributed by atoms with Crippen molar-refractivity contribution in [1.29, 1.82) is 0 Å². The van der Waals surface area contributed by atoms with Crippen molar-refractivity contribution in [3.8, 4) is 22.3 Å². The van der Waals surface area contributed by atoms with Crippen molar-refractivity contribution in [1.82, 2.24) is 9.55 Å². The fourth-order valence-electron chi connectivity index (χ4n) is 9.72. The van der Waals surface area contributed by atoms with Crippen LogP contribution < -0.4 is 0 Å². The lowest BCUT2D eigenvalue weighted by atomic mass is 9.85. The highest BCUT2D eigenvalue weighted by molar-refractivity contribution is 6.20. The van der Waals surface area contributed by atoms with Crippen molar-refractivity contribution in [2.45, 2.75) is 40.5 Å². The summed E-state index contributed by atoms with van der Waals surface area (Å²) < 4.78 is 2.32. The second kappa shape index (κ2) is 18.0. The lowest BCUT2D eigenvalue weighted by molar-refractivity contribution is 0.920. The molecule has 0 amide bonds. The lowest BCUT2D eigenvalue weighted by Gasteiger charge is -2.19. The number of allylic oxidation sites excluding steroid dienone is 11. The van der Waals surface area contributed by atoms with Crippen LogP contribution in [0, 0.1) is 5.92 Å². The van der Waals surface area contributed by atoms with Gasteiger partial charge in [-0.05, 0) is 121 Å². The minimum atomic E-state index is 0.0489. The van der Waals surface area contributed by atoms with E-state index < -0.39 is 0 Å². The van der Waals surface area contributed by atoms with E-state index in [1.165, 1.54) is 82.8 Å². The summed E-state index contributed by atoms with van der Waals surface area (Å²) in [5.74, 6) is 0.962. The van der Waals surface area contributed by atoms with E-state index in [9.17, 15) is 0 Å². The van der Waals surface area contributed by atoms with E-state index in [0.717, 1.165) is 40.8 Å². The fraction of sp³-hybridized carbons (Fsp3) is 0.131. The fourth-order valence-corrected chi connectivity index (χ4v) is 9.72. The molecule has 1 heterocycles. The molecule has 2 aliphatic rings. The molecule has 63 heavy (non-hydrogen) atoms. The average Bonchev–Trinajstić information content (AvgIpc) is 3.45. The molecule has 8 aromatic rings. The van der Waals surface area contributed by atoms with Gasteiger partial charge in [-0.1, -0.05) is 203 Å². The summed E-state index contributed by atoms with van der Waals surface area (Å²) in [4.78, 5) is 5.62. The molecule has 1 unspecified atom stereocenters. The molecule has 2 heteroatoms. The molecular weight excluding hydrogens is 761 g/mol. The van der Waals surface area contributed by atoms with E-state index in [4.69, 9.17) is 4.98 Å². The van der Waals surface area contributed by atoms with Gasteiger partial charge in [-0.25, -0.2) is 4.98 Å². The van der Waals surface area contributed by atoms with E-state index in [1.54, 1.807) is 0 Å². The summed E-state index contributed by atoms with van der Waals surface area (Å²) >= 11 is 0. The molecular formula is C61H54N2. The Bertz CT molecular complexity index is 3230. The first-order chi connectivity index (χ1) is 31.0. The van der Waals surface area contributed by atoms with Crippen molar-refractivity contribution < 1.29 is 0 Å². The van der Waals surface area contributed by atoms with Gasteiger partial charge >= 0.3 is 0 Å². The maximum Gasteiger partial charge on any atom is 0.133 e. The Morgan fingerprint density at radius 3 is 2.16 bits per heavy atom. The molecule has 0 fully saturated rings. The molecule has 2 nitrogen and oxygen atoms in total. The standard InChI is InChI=1S/C59H48N2.C2H6/c1-5-19-50-48(6-2)55(49-27-16-15-26-45(49)38-53(50)42-22-10-8-11-23-42)39(3)30-35-54-60-58-56(46-33-31-41-21-13-14-25-44(41)36-46)51-28-17-18-29-52(51)57(59(58)61(54)4)47-34-32-40-20-9-7-12-24-43(40)37-47;1-2/h5-19,21-37,39H,2,20,38H2,1,3-4H3;1-2H3/b19-5-,35-30-;. The van der Waals surface area contributed by atoms with Crippen LogP contribution in [-0.2, 0) is 19.9 Å². The normalized spacial score (nSPS) is 14.2. The van der Waals surface area contributed by atoms with Crippen LogP contribution in [0.15, 0.2) is 200 Å². The van der Waals surface area contributed by atoms with Gasteiger partial charge in [0.1, 0.15) is 5.82 Å². The summed E-state index contributed by atoms with van der Waals surface area (Å²) in [5, 5.41) is 4.86. The molecule has 1 atom stereocenters. The zero-order valence-electron chi connectivity index (χ0n) is 37.1. The Hall–Kier alpha value is -7.29. The molecule has 0 saturated heterocycles. The molecule has 0 saturated carbocycles. The van der Waals surface area contributed by atoms with E-state index in [2.05, 4.69) is 226 Å². The summed E-state index contributed by atoms with van der Waals surface area (Å²) in [7, 11) is 2.18. The van der Waals surface area contributed by atoms with Crippen LogP contribution in [0.1, 0.15) is 61.3 Å². The molecule has 0 aliphatic heterocycles. The maximum absolute atomic E-state index is 5.62. The van der Waals surface area contributed by atoms with Crippen LogP contribution in [0.25, 0.3) is 78.1 Å². The quantitative estimate of drug-likeness (QED) is 0.149. The monoisotopic (exact) mass is 814 g/mol. The zero-order chi connectivity index (χ0) is 43.5. The molecule has 1 aromatic heterocycles. The molecule has 0 spiro atoms. The molecule has 7 aromatic carbocycles. The van der Waals surface area contributed by atoms with Crippen LogP contribution in [-0.4, -0.2) is 9.55 Å². The second-order valence-corrected chi connectivity index (χ2v) is 16.3. The Morgan fingerprint density at radius 2 is 1.37 bits per heavy atom. The number of rotatable bonds is 8. The molecule has 2 aliphatic carbocycles. The van der Waals surface area contributed by atoms with Crippen LogP contribution in [0.5, 0.6) is 0 Å². The molecule has 0 bridgehead atoms. The van der Waals surface area contributed by atoms with E-state index in [1.807, 2.05) is 13.8 Å². The first-order valence-electron chi connectivity index (χ1n) is 22.4. The van der Waals surface area contributed by atoms with Gasteiger partial charge in [0.05, 0.1) is 11.0 Å². The third kappa shape index (κ3) is 7.57. The van der Waals surface area contributed by atoms with Crippen molar-refractivity contribution in [2.24, 2.45) is 13.0 Å². The van der Waals surface area contributed by atoms with Gasteiger partial charge < -0.3 is 4.57 Å². The number of hydrogen-bond donors (Lipinski definition) is 0. The van der Waals surface area contributed by atoms with Crippen molar-refractivity contribution in [2.75, 3.05) is 0 Å². The largest absolute Gasteiger partial charge is 0.327 e. The molecule has 308 valence electrons. The highest BCUT2D eigenvalue weighted by atomic mass is 15.1. The SMILES string of the molecule is C=CC1=C(C(C)/C=C\c2nc3c(-c4ccc5ccccc5c4)c4ccccc4c(-c4ccc5c(c4)C=CC=CC5)c3n2C)c2ccccc2CC(c2ccccc2)=C1/C=C\C.CC. The van der Waals surface area contributed by atoms with Gasteiger partial charge in [0.2, 0.25) is 0 Å². The number of nitrogens with zero attached hydrogens (tertiary/aromatic N) is 2. The highest BCUT2D eigenvalue weighted by Crippen LogP contribution is 2.46. The highest BCUT2D eigenvalue weighted by Gasteiger charge is 2.26. The van der Waals surface area contributed by atoms with E-state index in [0.29, 0.717) is 0 Å². The number of benzene rings is 7. The number of hydrogen-bond acceptors (Lipinski definition) is 1. The average molecular weight is 815 g/mol. The molecule has 0 N–H and O–H groups in total. The van der Waals surface area contributed by atoms with Crippen molar-refractivity contribution >= 4 is 55.9 Å². The second-order valence-electron chi connectivity index (χ2n) is 16.3. The van der Waals surface area contributed by atoms with Crippen LogP contribution >= 0.6 is 0 Å². The van der Waals surface area contributed by atoms with Crippen LogP contribution in [0.4, 0.5) is 0 Å². The number of aromatic nitrogens is 2. The summed E-state index contributed by atoms with van der Waals surface area (Å²) in [6, 6.07) is 51.0. The molecule has 10 rings (SSSR count). The predicted molar refractivity (Wildman–Crippen MR) is 273 cm³/mol. The van der Waals surface area contributed by atoms with Crippen LogP contribution in [0.3, 0.4) is 0 Å². The number of fused-ring (bicyclic) bond motifs is 5. The Morgan fingerprint density at radius 1 is 0.667 bits per heavy atom. The minimum absolute atomic E-state index is 0.0489. The molecule has 0 radical (unpaired) electrons. The van der Waals surface area contributed by atoms with Crippen molar-refractivity contribution in [3.63, 3.8) is 0 Å². The van der Waals surface area contributed by atoms with Gasteiger partial charge in [0, 0.05) is 24.1 Å². The number of imidazole rings is 1. The smallest absolute Gasteiger partial charge is 0.133 e. The summed E-state index contributed by atoms with van der Waals surface area (Å²) in [5.41, 5.74) is 18.2. The Labute approximate surface area is 373 Å². The van der Waals surface area contributed by atoms with Crippen molar-refractivity contribution in [3.05, 3.63) is 233 Å².